The predicted molar refractivity (Wildman–Crippen MR) is 79.0 cm³/mol. The molecule has 0 aliphatic rings. The average molecular weight is 270 g/mol. The Morgan fingerprint density at radius 2 is 1.80 bits per heavy atom. The Morgan fingerprint density at radius 1 is 1.10 bits per heavy atom. The quantitative estimate of drug-likeness (QED) is 0.928. The number of ether oxygens (including phenoxy) is 1. The molecule has 20 heavy (non-hydrogen) atoms. The summed E-state index contributed by atoms with van der Waals surface area (Å²) in [6.07, 6.45) is 1.63. The molecule has 0 bridgehead atoms. The SMILES string of the molecule is CC(C)(C)Oc1ccc(C(=O)Nc2ccccn2)cc1. The van der Waals surface area contributed by atoms with Crippen LogP contribution in [0.25, 0.3) is 0 Å². The Bertz CT molecular complexity index is 572. The molecule has 0 radical (unpaired) electrons. The molecular weight excluding hydrogens is 252 g/mol. The number of hydrogen-bond donors (Lipinski definition) is 1. The lowest BCUT2D eigenvalue weighted by Gasteiger charge is -2.21. The third-order valence-electron chi connectivity index (χ3n) is 2.45. The lowest BCUT2D eigenvalue weighted by atomic mass is 10.1. The number of benzene rings is 1. The Kier molecular flexibility index (Phi) is 4.03. The van der Waals surface area contributed by atoms with Crippen molar-refractivity contribution in [3.63, 3.8) is 0 Å². The Balaban J connectivity index is 2.04. The first-order chi connectivity index (χ1) is 9.44. The molecule has 0 unspecified atom stereocenters. The van der Waals surface area contributed by atoms with Crippen LogP contribution in [-0.4, -0.2) is 16.5 Å². The van der Waals surface area contributed by atoms with Crippen molar-refractivity contribution in [2.24, 2.45) is 0 Å². The van der Waals surface area contributed by atoms with Crippen molar-refractivity contribution in [2.45, 2.75) is 26.4 Å². The van der Waals surface area contributed by atoms with Crippen molar-refractivity contribution >= 4 is 11.7 Å². The van der Waals surface area contributed by atoms with Crippen LogP contribution in [0.2, 0.25) is 0 Å². The van der Waals surface area contributed by atoms with Gasteiger partial charge in [-0.25, -0.2) is 4.98 Å². The van der Waals surface area contributed by atoms with E-state index in [1.807, 2.05) is 26.8 Å². The summed E-state index contributed by atoms with van der Waals surface area (Å²) in [5.41, 5.74) is 0.314. The lowest BCUT2D eigenvalue weighted by molar-refractivity contribution is 0.102. The van der Waals surface area contributed by atoms with Gasteiger partial charge in [-0.05, 0) is 57.2 Å². The van der Waals surface area contributed by atoms with Crippen LogP contribution >= 0.6 is 0 Å². The van der Waals surface area contributed by atoms with Crippen molar-refractivity contribution in [1.82, 2.24) is 4.98 Å². The van der Waals surface area contributed by atoms with Gasteiger partial charge >= 0.3 is 0 Å². The third kappa shape index (κ3) is 4.09. The van der Waals surface area contributed by atoms with Crippen LogP contribution < -0.4 is 10.1 Å². The molecule has 2 aromatic rings. The standard InChI is InChI=1S/C16H18N2O2/c1-16(2,3)20-13-9-7-12(8-10-13)15(19)18-14-6-4-5-11-17-14/h4-11H,1-3H3,(H,17,18,19). The highest BCUT2D eigenvalue weighted by Gasteiger charge is 2.12. The highest BCUT2D eigenvalue weighted by atomic mass is 16.5. The smallest absolute Gasteiger partial charge is 0.256 e. The minimum atomic E-state index is -0.252. The molecule has 1 heterocycles. The van der Waals surface area contributed by atoms with E-state index < -0.39 is 0 Å². The molecule has 0 saturated heterocycles. The normalized spacial score (nSPS) is 10.9. The molecule has 1 aromatic heterocycles. The van der Waals surface area contributed by atoms with Gasteiger partial charge in [0.15, 0.2) is 0 Å². The van der Waals surface area contributed by atoms with E-state index >= 15 is 0 Å². The molecule has 0 spiro atoms. The number of nitrogens with one attached hydrogen (secondary N) is 1. The first-order valence-corrected chi connectivity index (χ1v) is 6.45. The summed E-state index contributed by atoms with van der Waals surface area (Å²) < 4.78 is 5.71. The second-order valence-electron chi connectivity index (χ2n) is 5.41. The summed E-state index contributed by atoms with van der Waals surface area (Å²) in [7, 11) is 0. The van der Waals surface area contributed by atoms with E-state index in [2.05, 4.69) is 10.3 Å². The second kappa shape index (κ2) is 5.74. The van der Waals surface area contributed by atoms with Gasteiger partial charge in [0.2, 0.25) is 0 Å². The van der Waals surface area contributed by atoms with E-state index in [1.165, 1.54) is 0 Å². The Morgan fingerprint density at radius 3 is 2.35 bits per heavy atom. The summed E-state index contributed by atoms with van der Waals surface area (Å²) >= 11 is 0. The van der Waals surface area contributed by atoms with Crippen molar-refractivity contribution in [3.8, 4) is 5.75 Å². The maximum Gasteiger partial charge on any atom is 0.256 e. The van der Waals surface area contributed by atoms with Gasteiger partial charge in [0.25, 0.3) is 5.91 Å². The van der Waals surface area contributed by atoms with Gasteiger partial charge in [-0.1, -0.05) is 6.07 Å². The van der Waals surface area contributed by atoms with Crippen LogP contribution in [-0.2, 0) is 0 Å². The molecule has 4 nitrogen and oxygen atoms in total. The minimum Gasteiger partial charge on any atom is -0.488 e. The molecule has 104 valence electrons. The minimum absolute atomic E-state index is 0.189. The van der Waals surface area contributed by atoms with Gasteiger partial charge in [0, 0.05) is 11.8 Å². The van der Waals surface area contributed by atoms with Crippen molar-refractivity contribution in [2.75, 3.05) is 5.32 Å². The fourth-order valence-electron chi connectivity index (χ4n) is 1.65. The molecule has 2 rings (SSSR count). The Labute approximate surface area is 118 Å². The monoisotopic (exact) mass is 270 g/mol. The van der Waals surface area contributed by atoms with Crippen LogP contribution in [0.4, 0.5) is 5.82 Å². The maximum atomic E-state index is 12.0. The number of aromatic nitrogens is 1. The van der Waals surface area contributed by atoms with Crippen LogP contribution in [0.1, 0.15) is 31.1 Å². The van der Waals surface area contributed by atoms with Crippen molar-refractivity contribution in [1.29, 1.82) is 0 Å². The van der Waals surface area contributed by atoms with Gasteiger partial charge in [-0.2, -0.15) is 0 Å². The molecule has 0 fully saturated rings. The third-order valence-corrected chi connectivity index (χ3v) is 2.45. The van der Waals surface area contributed by atoms with Crippen LogP contribution in [0, 0.1) is 0 Å². The van der Waals surface area contributed by atoms with Crippen molar-refractivity contribution in [3.05, 3.63) is 54.2 Å². The summed E-state index contributed by atoms with van der Waals surface area (Å²) in [6, 6.07) is 12.4. The molecule has 1 amide bonds. The van der Waals surface area contributed by atoms with E-state index in [4.69, 9.17) is 4.74 Å². The largest absolute Gasteiger partial charge is 0.488 e. The molecule has 0 aliphatic carbocycles. The Hall–Kier alpha value is -2.36. The van der Waals surface area contributed by atoms with E-state index in [0.717, 1.165) is 5.75 Å². The number of carbonyl (C=O) groups excluding carboxylic acids is 1. The number of carbonyl (C=O) groups is 1. The molecular formula is C16H18N2O2. The zero-order chi connectivity index (χ0) is 14.6. The van der Waals surface area contributed by atoms with Crippen molar-refractivity contribution < 1.29 is 9.53 Å². The van der Waals surface area contributed by atoms with Gasteiger partial charge < -0.3 is 10.1 Å². The van der Waals surface area contributed by atoms with Gasteiger partial charge in [-0.3, -0.25) is 4.79 Å². The summed E-state index contributed by atoms with van der Waals surface area (Å²) in [4.78, 5) is 16.1. The predicted octanol–water partition coefficient (Wildman–Crippen LogP) is 3.51. The van der Waals surface area contributed by atoms with E-state index in [0.29, 0.717) is 11.4 Å². The van der Waals surface area contributed by atoms with E-state index in [-0.39, 0.29) is 11.5 Å². The number of hydrogen-bond acceptors (Lipinski definition) is 3. The first-order valence-electron chi connectivity index (χ1n) is 6.45. The number of anilines is 1. The fourth-order valence-corrected chi connectivity index (χ4v) is 1.65. The number of nitrogens with zero attached hydrogens (tertiary/aromatic N) is 1. The summed E-state index contributed by atoms with van der Waals surface area (Å²) in [5.74, 6) is 1.09. The van der Waals surface area contributed by atoms with E-state index in [1.54, 1.807) is 42.6 Å². The van der Waals surface area contributed by atoms with Crippen LogP contribution in [0.15, 0.2) is 48.7 Å². The molecule has 0 saturated carbocycles. The molecule has 1 aromatic carbocycles. The zero-order valence-corrected chi connectivity index (χ0v) is 11.9. The number of rotatable bonds is 3. The maximum absolute atomic E-state index is 12.0. The lowest BCUT2D eigenvalue weighted by Crippen LogP contribution is -2.23. The topological polar surface area (TPSA) is 51.2 Å². The summed E-state index contributed by atoms with van der Waals surface area (Å²) in [6.45, 7) is 5.94. The molecule has 0 aliphatic heterocycles. The highest BCUT2D eigenvalue weighted by Crippen LogP contribution is 2.18. The summed E-state index contributed by atoms with van der Waals surface area (Å²) in [5, 5.41) is 2.74. The number of pyridine rings is 1. The number of amides is 1. The second-order valence-corrected chi connectivity index (χ2v) is 5.41. The first kappa shape index (κ1) is 14.1. The molecule has 4 heteroatoms. The average Bonchev–Trinajstić information content (AvgIpc) is 2.39. The van der Waals surface area contributed by atoms with Gasteiger partial charge in [-0.15, -0.1) is 0 Å². The van der Waals surface area contributed by atoms with Crippen LogP contribution in [0.3, 0.4) is 0 Å². The zero-order valence-electron chi connectivity index (χ0n) is 11.9. The molecule has 1 N–H and O–H groups in total. The fraction of sp³-hybridized carbons (Fsp3) is 0.250. The highest BCUT2D eigenvalue weighted by molar-refractivity contribution is 6.03. The van der Waals surface area contributed by atoms with Gasteiger partial charge in [0.05, 0.1) is 0 Å². The van der Waals surface area contributed by atoms with Gasteiger partial charge in [0.1, 0.15) is 17.2 Å². The van der Waals surface area contributed by atoms with E-state index in [9.17, 15) is 4.79 Å². The van der Waals surface area contributed by atoms with Crippen LogP contribution in [0.5, 0.6) is 5.75 Å². The molecule has 0 atom stereocenters.